The highest BCUT2D eigenvalue weighted by molar-refractivity contribution is 5.90. The maximum atomic E-state index is 13.4. The summed E-state index contributed by atoms with van der Waals surface area (Å²) < 4.78 is 13.4. The molecule has 4 nitrogen and oxygen atoms in total. The standard InChI is InChI=1S/C21H20FN3O/c22-17-6-7-18-19(8-9-23-20(18)12-17)24-13-15-3-1-4-16(11-15)14-25-10-2-5-21(25)26/h1,3-4,6-9,11-12H,2,5,10,13-14H2,(H,23,24). The molecule has 0 unspecified atom stereocenters. The molecule has 0 radical (unpaired) electrons. The monoisotopic (exact) mass is 349 g/mol. The van der Waals surface area contributed by atoms with Gasteiger partial charge in [0.1, 0.15) is 5.82 Å². The fourth-order valence-electron chi connectivity index (χ4n) is 3.40. The summed E-state index contributed by atoms with van der Waals surface area (Å²) in [5.41, 5.74) is 3.84. The summed E-state index contributed by atoms with van der Waals surface area (Å²) in [6.07, 6.45) is 3.30. The summed E-state index contributed by atoms with van der Waals surface area (Å²) in [6.45, 7) is 2.17. The fraction of sp³-hybridized carbons (Fsp3) is 0.238. The second-order valence-electron chi connectivity index (χ2n) is 6.61. The highest BCUT2D eigenvalue weighted by Crippen LogP contribution is 2.23. The lowest BCUT2D eigenvalue weighted by atomic mass is 10.1. The minimum atomic E-state index is -0.286. The van der Waals surface area contributed by atoms with Gasteiger partial charge in [0, 0.05) is 49.4 Å². The Morgan fingerprint density at radius 2 is 2.00 bits per heavy atom. The smallest absolute Gasteiger partial charge is 0.222 e. The van der Waals surface area contributed by atoms with Gasteiger partial charge in [0.25, 0.3) is 0 Å². The van der Waals surface area contributed by atoms with Gasteiger partial charge in [-0.15, -0.1) is 0 Å². The van der Waals surface area contributed by atoms with E-state index in [0.29, 0.717) is 25.0 Å². The number of halogens is 1. The average Bonchev–Trinajstić information content (AvgIpc) is 3.04. The maximum absolute atomic E-state index is 13.4. The second kappa shape index (κ2) is 7.12. The first-order valence-corrected chi connectivity index (χ1v) is 8.83. The number of pyridine rings is 1. The van der Waals surface area contributed by atoms with Crippen molar-refractivity contribution in [3.05, 3.63) is 71.7 Å². The predicted octanol–water partition coefficient (Wildman–Crippen LogP) is 4.11. The molecule has 1 saturated heterocycles. The van der Waals surface area contributed by atoms with Crippen LogP contribution in [0, 0.1) is 5.82 Å². The summed E-state index contributed by atoms with van der Waals surface area (Å²) in [4.78, 5) is 17.9. The molecular weight excluding hydrogens is 329 g/mol. The number of nitrogens with zero attached hydrogens (tertiary/aromatic N) is 2. The number of hydrogen-bond acceptors (Lipinski definition) is 3. The third-order valence-electron chi connectivity index (χ3n) is 4.72. The van der Waals surface area contributed by atoms with Crippen molar-refractivity contribution in [2.45, 2.75) is 25.9 Å². The third-order valence-corrected chi connectivity index (χ3v) is 4.72. The molecule has 2 aromatic carbocycles. The van der Waals surface area contributed by atoms with Gasteiger partial charge in [0.15, 0.2) is 0 Å². The van der Waals surface area contributed by atoms with Crippen LogP contribution in [0.4, 0.5) is 10.1 Å². The number of nitrogens with one attached hydrogen (secondary N) is 1. The van der Waals surface area contributed by atoms with Crippen LogP contribution in [0.15, 0.2) is 54.7 Å². The molecule has 132 valence electrons. The maximum Gasteiger partial charge on any atom is 0.222 e. The number of aromatic nitrogens is 1. The van der Waals surface area contributed by atoms with Gasteiger partial charge in [-0.3, -0.25) is 9.78 Å². The molecule has 1 aromatic heterocycles. The zero-order valence-corrected chi connectivity index (χ0v) is 14.4. The molecular formula is C21H20FN3O. The van der Waals surface area contributed by atoms with Crippen LogP contribution < -0.4 is 5.32 Å². The van der Waals surface area contributed by atoms with Gasteiger partial charge in [-0.2, -0.15) is 0 Å². The van der Waals surface area contributed by atoms with Crippen LogP contribution in [0.5, 0.6) is 0 Å². The Labute approximate surface area is 151 Å². The summed E-state index contributed by atoms with van der Waals surface area (Å²) in [5.74, 6) is -0.0460. The molecule has 3 aromatic rings. The lowest BCUT2D eigenvalue weighted by Gasteiger charge is -2.16. The Bertz CT molecular complexity index is 957. The number of fused-ring (bicyclic) bond motifs is 1. The van der Waals surface area contributed by atoms with Crippen LogP contribution >= 0.6 is 0 Å². The summed E-state index contributed by atoms with van der Waals surface area (Å²) >= 11 is 0. The minimum Gasteiger partial charge on any atom is -0.380 e. The van der Waals surface area contributed by atoms with Gasteiger partial charge in [0.2, 0.25) is 5.91 Å². The fourth-order valence-corrected chi connectivity index (χ4v) is 3.40. The Morgan fingerprint density at radius 1 is 1.12 bits per heavy atom. The van der Waals surface area contributed by atoms with Crippen molar-refractivity contribution >= 4 is 22.5 Å². The van der Waals surface area contributed by atoms with E-state index in [-0.39, 0.29) is 11.7 Å². The van der Waals surface area contributed by atoms with Crippen LogP contribution in [0.2, 0.25) is 0 Å². The van der Waals surface area contributed by atoms with E-state index in [1.165, 1.54) is 12.1 Å². The van der Waals surface area contributed by atoms with Crippen LogP contribution in [-0.4, -0.2) is 22.3 Å². The lowest BCUT2D eigenvalue weighted by Crippen LogP contribution is -2.23. The van der Waals surface area contributed by atoms with E-state index in [4.69, 9.17) is 0 Å². The Kier molecular flexibility index (Phi) is 4.52. The molecule has 0 bridgehead atoms. The first-order valence-electron chi connectivity index (χ1n) is 8.83. The van der Waals surface area contributed by atoms with E-state index in [1.807, 2.05) is 17.0 Å². The summed E-state index contributed by atoms with van der Waals surface area (Å²) in [7, 11) is 0. The van der Waals surface area contributed by atoms with Gasteiger partial charge in [-0.05, 0) is 35.7 Å². The van der Waals surface area contributed by atoms with Crippen molar-refractivity contribution in [3.63, 3.8) is 0 Å². The molecule has 0 spiro atoms. The molecule has 1 aliphatic rings. The Balaban J connectivity index is 1.48. The first kappa shape index (κ1) is 16.5. The van der Waals surface area contributed by atoms with Gasteiger partial charge >= 0.3 is 0 Å². The van der Waals surface area contributed by atoms with Crippen molar-refractivity contribution in [3.8, 4) is 0 Å². The number of carbonyl (C=O) groups excluding carboxylic acids is 1. The number of benzene rings is 2. The zero-order chi connectivity index (χ0) is 17.9. The van der Waals surface area contributed by atoms with E-state index in [2.05, 4.69) is 28.5 Å². The molecule has 0 saturated carbocycles. The van der Waals surface area contributed by atoms with Gasteiger partial charge < -0.3 is 10.2 Å². The molecule has 1 aliphatic heterocycles. The molecule has 0 aliphatic carbocycles. The van der Waals surface area contributed by atoms with E-state index in [9.17, 15) is 9.18 Å². The van der Waals surface area contributed by atoms with Gasteiger partial charge in [0.05, 0.1) is 5.52 Å². The molecule has 26 heavy (non-hydrogen) atoms. The molecule has 4 rings (SSSR count). The van der Waals surface area contributed by atoms with Crippen molar-refractivity contribution in [2.24, 2.45) is 0 Å². The number of likely N-dealkylation sites (tertiary alicyclic amines) is 1. The number of rotatable bonds is 5. The highest BCUT2D eigenvalue weighted by atomic mass is 19.1. The van der Waals surface area contributed by atoms with Crippen LogP contribution in [0.25, 0.3) is 10.9 Å². The van der Waals surface area contributed by atoms with Gasteiger partial charge in [-0.1, -0.05) is 24.3 Å². The Hall–Kier alpha value is -2.95. The second-order valence-corrected chi connectivity index (χ2v) is 6.61. The molecule has 0 atom stereocenters. The zero-order valence-electron chi connectivity index (χ0n) is 14.4. The normalized spacial score (nSPS) is 14.2. The predicted molar refractivity (Wildman–Crippen MR) is 100 cm³/mol. The number of hydrogen-bond donors (Lipinski definition) is 1. The molecule has 1 fully saturated rings. The van der Waals surface area contributed by atoms with E-state index in [0.717, 1.165) is 35.2 Å². The first-order chi connectivity index (χ1) is 12.7. The van der Waals surface area contributed by atoms with Crippen molar-refractivity contribution in [1.29, 1.82) is 0 Å². The Morgan fingerprint density at radius 3 is 2.85 bits per heavy atom. The van der Waals surface area contributed by atoms with Gasteiger partial charge in [-0.25, -0.2) is 4.39 Å². The number of amides is 1. The number of anilines is 1. The molecule has 5 heteroatoms. The summed E-state index contributed by atoms with van der Waals surface area (Å²) in [5, 5.41) is 4.31. The quantitative estimate of drug-likeness (QED) is 0.754. The van der Waals surface area contributed by atoms with Crippen molar-refractivity contribution < 1.29 is 9.18 Å². The minimum absolute atomic E-state index is 0.240. The van der Waals surface area contributed by atoms with E-state index < -0.39 is 0 Å². The number of carbonyl (C=O) groups is 1. The molecule has 2 heterocycles. The average molecular weight is 349 g/mol. The highest BCUT2D eigenvalue weighted by Gasteiger charge is 2.19. The van der Waals surface area contributed by atoms with E-state index >= 15 is 0 Å². The topological polar surface area (TPSA) is 45.2 Å². The van der Waals surface area contributed by atoms with Crippen LogP contribution in [-0.2, 0) is 17.9 Å². The van der Waals surface area contributed by atoms with Crippen molar-refractivity contribution in [1.82, 2.24) is 9.88 Å². The molecule has 1 amide bonds. The van der Waals surface area contributed by atoms with E-state index in [1.54, 1.807) is 12.3 Å². The third kappa shape index (κ3) is 3.52. The summed E-state index contributed by atoms with van der Waals surface area (Å²) in [6, 6.07) is 14.8. The largest absolute Gasteiger partial charge is 0.380 e. The SMILES string of the molecule is O=C1CCCN1Cc1cccc(CNc2ccnc3cc(F)ccc23)c1. The van der Waals surface area contributed by atoms with Crippen LogP contribution in [0.3, 0.4) is 0 Å². The molecule has 1 N–H and O–H groups in total. The van der Waals surface area contributed by atoms with Crippen LogP contribution in [0.1, 0.15) is 24.0 Å². The lowest BCUT2D eigenvalue weighted by molar-refractivity contribution is -0.128. The van der Waals surface area contributed by atoms with Crippen molar-refractivity contribution in [2.75, 3.05) is 11.9 Å².